The van der Waals surface area contributed by atoms with Gasteiger partial charge in [0.15, 0.2) is 5.82 Å². The largest absolute Gasteiger partial charge is 0.417 e. The van der Waals surface area contributed by atoms with E-state index in [0.29, 0.717) is 18.0 Å². The number of fused-ring (bicyclic) bond motifs is 1. The van der Waals surface area contributed by atoms with E-state index < -0.39 is 22.4 Å². The first-order chi connectivity index (χ1) is 15.2. The number of hydrogen-bond acceptors (Lipinski definition) is 7. The smallest absolute Gasteiger partial charge is 0.334 e. The van der Waals surface area contributed by atoms with Crippen molar-refractivity contribution in [3.05, 3.63) is 81.8 Å². The molecule has 0 aliphatic carbocycles. The van der Waals surface area contributed by atoms with Gasteiger partial charge in [-0.25, -0.2) is 15.0 Å². The Morgan fingerprint density at radius 2 is 1.62 bits per heavy atom. The fourth-order valence-electron chi connectivity index (χ4n) is 2.99. The van der Waals surface area contributed by atoms with Crippen LogP contribution in [0.1, 0.15) is 5.56 Å². The van der Waals surface area contributed by atoms with Crippen molar-refractivity contribution in [3.8, 4) is 0 Å². The highest BCUT2D eigenvalue weighted by molar-refractivity contribution is 6.33. The van der Waals surface area contributed by atoms with Crippen LogP contribution in [0.15, 0.2) is 61.1 Å². The maximum absolute atomic E-state index is 12.8. The number of benzene rings is 2. The van der Waals surface area contributed by atoms with Crippen LogP contribution in [-0.4, -0.2) is 19.9 Å². The van der Waals surface area contributed by atoms with Crippen molar-refractivity contribution in [1.82, 2.24) is 15.0 Å². The van der Waals surface area contributed by atoms with Crippen LogP contribution >= 0.6 is 11.6 Å². The molecule has 2 heterocycles. The van der Waals surface area contributed by atoms with E-state index in [1.54, 1.807) is 12.1 Å². The SMILES string of the molecule is O=[N+]([O-])c1c(Nc2ncc(C(F)(F)F)cc2Cl)ncnc1Nc1cccc2ccccc12. The molecule has 2 N–H and O–H groups in total. The van der Waals surface area contributed by atoms with Crippen LogP contribution in [0.2, 0.25) is 5.02 Å². The van der Waals surface area contributed by atoms with Crippen molar-refractivity contribution in [2.24, 2.45) is 0 Å². The van der Waals surface area contributed by atoms with E-state index in [-0.39, 0.29) is 22.5 Å². The predicted molar refractivity (Wildman–Crippen MR) is 113 cm³/mol. The van der Waals surface area contributed by atoms with E-state index in [9.17, 15) is 23.3 Å². The van der Waals surface area contributed by atoms with Crippen LogP contribution in [0.4, 0.5) is 42.0 Å². The molecule has 0 atom stereocenters. The highest BCUT2D eigenvalue weighted by Crippen LogP contribution is 2.37. The highest BCUT2D eigenvalue weighted by Gasteiger charge is 2.32. The minimum atomic E-state index is -4.63. The van der Waals surface area contributed by atoms with Crippen LogP contribution in [0.5, 0.6) is 0 Å². The van der Waals surface area contributed by atoms with E-state index >= 15 is 0 Å². The summed E-state index contributed by atoms with van der Waals surface area (Å²) in [5, 5.41) is 18.6. The molecule has 0 saturated heterocycles. The molecule has 8 nitrogen and oxygen atoms in total. The topological polar surface area (TPSA) is 106 Å². The van der Waals surface area contributed by atoms with Gasteiger partial charge in [-0.05, 0) is 17.5 Å². The summed E-state index contributed by atoms with van der Waals surface area (Å²) in [5.41, 5.74) is -1.01. The second-order valence-electron chi connectivity index (χ2n) is 6.51. The third-order valence-electron chi connectivity index (χ3n) is 4.45. The second-order valence-corrected chi connectivity index (χ2v) is 6.91. The van der Waals surface area contributed by atoms with Gasteiger partial charge < -0.3 is 10.6 Å². The molecule has 0 unspecified atom stereocenters. The maximum atomic E-state index is 12.8. The molecular weight excluding hydrogens is 449 g/mol. The van der Waals surface area contributed by atoms with Crippen LogP contribution in [-0.2, 0) is 6.18 Å². The Labute approximate surface area is 183 Å². The number of anilines is 4. The first-order valence-electron chi connectivity index (χ1n) is 8.98. The number of hydrogen-bond donors (Lipinski definition) is 2. The lowest BCUT2D eigenvalue weighted by Crippen LogP contribution is -2.08. The summed E-state index contributed by atoms with van der Waals surface area (Å²) in [6.45, 7) is 0. The van der Waals surface area contributed by atoms with Gasteiger partial charge in [-0.15, -0.1) is 0 Å². The first kappa shape index (κ1) is 21.2. The minimum Gasteiger partial charge on any atom is -0.334 e. The van der Waals surface area contributed by atoms with Gasteiger partial charge in [0.25, 0.3) is 0 Å². The molecule has 12 heteroatoms. The molecular formula is C20H12ClF3N6O2. The number of nitrogens with one attached hydrogen (secondary N) is 2. The molecule has 4 rings (SSSR count). The second kappa shape index (κ2) is 8.27. The summed E-state index contributed by atoms with van der Waals surface area (Å²) < 4.78 is 38.5. The number of halogens is 4. The third-order valence-corrected chi connectivity index (χ3v) is 4.74. The lowest BCUT2D eigenvalue weighted by molar-refractivity contribution is -0.383. The van der Waals surface area contributed by atoms with Crippen molar-refractivity contribution in [2.45, 2.75) is 6.18 Å². The number of pyridine rings is 1. The summed E-state index contributed by atoms with van der Waals surface area (Å²) in [5.74, 6) is -0.633. The molecule has 0 aliphatic rings. The van der Waals surface area contributed by atoms with Crippen molar-refractivity contribution in [2.75, 3.05) is 10.6 Å². The Balaban J connectivity index is 1.72. The average molecular weight is 461 g/mol. The van der Waals surface area contributed by atoms with Crippen molar-refractivity contribution in [3.63, 3.8) is 0 Å². The number of nitrogens with zero attached hydrogens (tertiary/aromatic N) is 4. The Morgan fingerprint density at radius 1 is 0.938 bits per heavy atom. The Hall–Kier alpha value is -3.99. The lowest BCUT2D eigenvalue weighted by atomic mass is 10.1. The molecule has 0 aliphatic heterocycles. The zero-order valence-corrected chi connectivity index (χ0v) is 16.6. The summed E-state index contributed by atoms with van der Waals surface area (Å²) in [4.78, 5) is 22.5. The summed E-state index contributed by atoms with van der Waals surface area (Å²) >= 11 is 5.90. The van der Waals surface area contributed by atoms with Gasteiger partial charge >= 0.3 is 11.9 Å². The first-order valence-corrected chi connectivity index (χ1v) is 9.36. The van der Waals surface area contributed by atoms with Gasteiger partial charge in [-0.1, -0.05) is 48.0 Å². The van der Waals surface area contributed by atoms with Gasteiger partial charge in [0.05, 0.1) is 15.5 Å². The van der Waals surface area contributed by atoms with Gasteiger partial charge in [0, 0.05) is 17.3 Å². The summed E-state index contributed by atoms with van der Waals surface area (Å²) in [7, 11) is 0. The highest BCUT2D eigenvalue weighted by atomic mass is 35.5. The lowest BCUT2D eigenvalue weighted by Gasteiger charge is -2.13. The van der Waals surface area contributed by atoms with Gasteiger partial charge in [-0.3, -0.25) is 10.1 Å². The maximum Gasteiger partial charge on any atom is 0.417 e. The van der Waals surface area contributed by atoms with E-state index in [2.05, 4.69) is 25.6 Å². The van der Waals surface area contributed by atoms with E-state index in [0.717, 1.165) is 17.1 Å². The number of rotatable bonds is 5. The Kier molecular flexibility index (Phi) is 5.49. The Bertz CT molecular complexity index is 1330. The van der Waals surface area contributed by atoms with Crippen molar-refractivity contribution >= 4 is 51.2 Å². The molecule has 162 valence electrons. The van der Waals surface area contributed by atoms with E-state index in [4.69, 9.17) is 11.6 Å². The molecule has 2 aromatic carbocycles. The van der Waals surface area contributed by atoms with Crippen LogP contribution in [0.25, 0.3) is 10.8 Å². The van der Waals surface area contributed by atoms with Crippen LogP contribution in [0.3, 0.4) is 0 Å². The molecule has 0 radical (unpaired) electrons. The van der Waals surface area contributed by atoms with E-state index in [1.165, 1.54) is 0 Å². The molecule has 2 aromatic heterocycles. The summed E-state index contributed by atoms with van der Waals surface area (Å²) in [6, 6.07) is 13.5. The molecule has 4 aromatic rings. The number of alkyl halides is 3. The Morgan fingerprint density at radius 3 is 2.31 bits per heavy atom. The monoisotopic (exact) mass is 460 g/mol. The predicted octanol–water partition coefficient (Wildman–Crippen LogP) is 6.09. The standard InChI is InChI=1S/C20H12ClF3N6O2/c21-14-8-12(20(22,23)24)9-25-17(14)29-19-16(30(31)32)18(26-10-27-19)28-15-7-3-5-11-4-1-2-6-13(11)15/h1-10H,(H2,25,26,27,28,29). The molecule has 0 amide bonds. The normalized spacial score (nSPS) is 11.4. The zero-order chi connectivity index (χ0) is 22.9. The minimum absolute atomic E-state index is 0.119. The number of nitro groups is 1. The van der Waals surface area contributed by atoms with Gasteiger partial charge in [0.2, 0.25) is 11.6 Å². The zero-order valence-electron chi connectivity index (χ0n) is 15.9. The fourth-order valence-corrected chi connectivity index (χ4v) is 3.21. The molecule has 0 saturated carbocycles. The van der Waals surface area contributed by atoms with E-state index in [1.807, 2.05) is 30.3 Å². The molecule has 0 spiro atoms. The van der Waals surface area contributed by atoms with Gasteiger partial charge in [0.1, 0.15) is 6.33 Å². The third kappa shape index (κ3) is 4.23. The molecule has 32 heavy (non-hydrogen) atoms. The fraction of sp³-hybridized carbons (Fsp3) is 0.0500. The average Bonchev–Trinajstić information content (AvgIpc) is 2.74. The van der Waals surface area contributed by atoms with Crippen molar-refractivity contribution in [1.29, 1.82) is 0 Å². The van der Waals surface area contributed by atoms with Gasteiger partial charge in [-0.2, -0.15) is 13.2 Å². The number of aromatic nitrogens is 3. The summed E-state index contributed by atoms with van der Waals surface area (Å²) in [6.07, 6.45) is -3.00. The molecule has 0 fully saturated rings. The van der Waals surface area contributed by atoms with Crippen molar-refractivity contribution < 1.29 is 18.1 Å². The van der Waals surface area contributed by atoms with Crippen LogP contribution < -0.4 is 10.6 Å². The molecule has 0 bridgehead atoms. The quantitative estimate of drug-likeness (QED) is 0.274. The van der Waals surface area contributed by atoms with Crippen LogP contribution in [0, 0.1) is 10.1 Å².